The average Bonchev–Trinajstić information content (AvgIpc) is 2.79. The molecule has 2 aromatic carbocycles. The lowest BCUT2D eigenvalue weighted by atomic mass is 10.1. The van der Waals surface area contributed by atoms with E-state index in [0.29, 0.717) is 46.9 Å². The molecule has 1 heterocycles. The number of carbonyl (C=O) groups is 1. The third-order valence-corrected chi connectivity index (χ3v) is 3.95. The number of amides is 1. The highest BCUT2D eigenvalue weighted by Gasteiger charge is 2.16. The van der Waals surface area contributed by atoms with Gasteiger partial charge >= 0.3 is 0 Å². The predicted octanol–water partition coefficient (Wildman–Crippen LogP) is 4.08. The smallest absolute Gasteiger partial charge is 0.251 e. The van der Waals surface area contributed by atoms with Crippen molar-refractivity contribution in [2.45, 2.75) is 13.0 Å². The van der Waals surface area contributed by atoms with Crippen LogP contribution in [0.2, 0.25) is 10.0 Å². The molecule has 0 fully saturated rings. The minimum Gasteiger partial charge on any atom is -0.489 e. The van der Waals surface area contributed by atoms with Gasteiger partial charge in [0.05, 0.1) is 18.2 Å². The first kappa shape index (κ1) is 16.0. The van der Waals surface area contributed by atoms with Gasteiger partial charge in [0.2, 0.25) is 0 Å². The van der Waals surface area contributed by atoms with Gasteiger partial charge in [-0.3, -0.25) is 4.79 Å². The van der Waals surface area contributed by atoms with Crippen molar-refractivity contribution in [3.63, 3.8) is 0 Å². The lowest BCUT2D eigenvalue weighted by molar-refractivity contribution is 0.0951. The number of fused-ring (bicyclic) bond motifs is 1. The summed E-state index contributed by atoms with van der Waals surface area (Å²) >= 11 is 12.1. The Morgan fingerprint density at radius 1 is 1.09 bits per heavy atom. The summed E-state index contributed by atoms with van der Waals surface area (Å²) in [6.07, 6.45) is 0.813. The normalized spacial score (nSPS) is 13.3. The third-order valence-electron chi connectivity index (χ3n) is 3.42. The summed E-state index contributed by atoms with van der Waals surface area (Å²) in [5.41, 5.74) is 1.40. The van der Waals surface area contributed by atoms with Gasteiger partial charge in [-0.2, -0.15) is 0 Å². The minimum atomic E-state index is -0.176. The fourth-order valence-corrected chi connectivity index (χ4v) is 2.69. The molecule has 23 heavy (non-hydrogen) atoms. The second kappa shape index (κ2) is 7.11. The van der Waals surface area contributed by atoms with Crippen LogP contribution in [0.1, 0.15) is 22.3 Å². The Morgan fingerprint density at radius 3 is 2.61 bits per heavy atom. The van der Waals surface area contributed by atoms with Crippen LogP contribution in [0.4, 0.5) is 0 Å². The van der Waals surface area contributed by atoms with E-state index in [2.05, 4.69) is 5.32 Å². The van der Waals surface area contributed by atoms with Crippen molar-refractivity contribution in [3.05, 3.63) is 57.6 Å². The molecule has 0 spiro atoms. The Bertz CT molecular complexity index is 717. The van der Waals surface area contributed by atoms with Crippen LogP contribution in [0.3, 0.4) is 0 Å². The second-order valence-corrected chi connectivity index (χ2v) is 5.99. The van der Waals surface area contributed by atoms with Crippen LogP contribution in [-0.4, -0.2) is 19.1 Å². The number of hydrogen-bond donors (Lipinski definition) is 1. The second-order valence-electron chi connectivity index (χ2n) is 5.14. The van der Waals surface area contributed by atoms with Crippen molar-refractivity contribution in [2.75, 3.05) is 13.2 Å². The number of halogens is 2. The van der Waals surface area contributed by atoms with Crippen molar-refractivity contribution < 1.29 is 14.3 Å². The van der Waals surface area contributed by atoms with Crippen LogP contribution in [0.25, 0.3) is 0 Å². The van der Waals surface area contributed by atoms with E-state index in [1.54, 1.807) is 30.3 Å². The van der Waals surface area contributed by atoms with Gasteiger partial charge in [0.25, 0.3) is 5.91 Å². The van der Waals surface area contributed by atoms with Crippen LogP contribution in [-0.2, 0) is 6.54 Å². The van der Waals surface area contributed by atoms with Crippen LogP contribution in [0.15, 0.2) is 36.4 Å². The van der Waals surface area contributed by atoms with Crippen molar-refractivity contribution in [2.24, 2.45) is 0 Å². The fourth-order valence-electron chi connectivity index (χ4n) is 2.27. The van der Waals surface area contributed by atoms with Crippen molar-refractivity contribution in [1.29, 1.82) is 0 Å². The van der Waals surface area contributed by atoms with Crippen LogP contribution in [0, 0.1) is 0 Å². The maximum absolute atomic E-state index is 12.1. The molecule has 0 aromatic heterocycles. The molecule has 1 N–H and O–H groups in total. The largest absolute Gasteiger partial charge is 0.489 e. The quantitative estimate of drug-likeness (QED) is 0.905. The van der Waals surface area contributed by atoms with E-state index < -0.39 is 0 Å². The van der Waals surface area contributed by atoms with Crippen LogP contribution < -0.4 is 14.8 Å². The van der Waals surface area contributed by atoms with E-state index in [1.165, 1.54) is 0 Å². The summed E-state index contributed by atoms with van der Waals surface area (Å²) in [6, 6.07) is 10.3. The highest BCUT2D eigenvalue weighted by molar-refractivity contribution is 6.32. The molecule has 0 unspecified atom stereocenters. The van der Waals surface area contributed by atoms with Crippen LogP contribution in [0.5, 0.6) is 11.5 Å². The lowest BCUT2D eigenvalue weighted by Crippen LogP contribution is -2.22. The maximum atomic E-state index is 12.1. The predicted molar refractivity (Wildman–Crippen MR) is 89.7 cm³/mol. The van der Waals surface area contributed by atoms with Gasteiger partial charge in [-0.1, -0.05) is 23.2 Å². The Balaban J connectivity index is 1.71. The summed E-state index contributed by atoms with van der Waals surface area (Å²) in [5, 5.41) is 3.93. The zero-order valence-corrected chi connectivity index (χ0v) is 13.8. The fraction of sp³-hybridized carbons (Fsp3) is 0.235. The number of benzene rings is 2. The summed E-state index contributed by atoms with van der Waals surface area (Å²) in [4.78, 5) is 12.1. The van der Waals surface area contributed by atoms with E-state index in [1.807, 2.05) is 6.07 Å². The molecule has 0 radical (unpaired) electrons. The molecule has 0 saturated heterocycles. The molecule has 6 heteroatoms. The first-order valence-electron chi connectivity index (χ1n) is 7.25. The third kappa shape index (κ3) is 3.89. The minimum absolute atomic E-state index is 0.176. The van der Waals surface area contributed by atoms with E-state index in [4.69, 9.17) is 32.7 Å². The van der Waals surface area contributed by atoms with Crippen molar-refractivity contribution in [3.8, 4) is 11.5 Å². The molecule has 4 nitrogen and oxygen atoms in total. The van der Waals surface area contributed by atoms with E-state index in [-0.39, 0.29) is 5.91 Å². The molecule has 0 bridgehead atoms. The summed E-state index contributed by atoms with van der Waals surface area (Å²) in [6.45, 7) is 1.51. The van der Waals surface area contributed by atoms with Gasteiger partial charge < -0.3 is 14.8 Å². The molecule has 0 aliphatic carbocycles. The molecule has 0 atom stereocenters. The van der Waals surface area contributed by atoms with E-state index >= 15 is 0 Å². The zero-order chi connectivity index (χ0) is 16.2. The Hall–Kier alpha value is -1.91. The molecule has 0 saturated carbocycles. The molecule has 120 valence electrons. The van der Waals surface area contributed by atoms with Gasteiger partial charge in [0, 0.05) is 23.6 Å². The summed E-state index contributed by atoms with van der Waals surface area (Å²) < 4.78 is 11.2. The average molecular weight is 352 g/mol. The standard InChI is InChI=1S/C17H15Cl2NO3/c18-13-4-2-12(3-5-13)17(21)20-10-11-8-14(19)16-15(9-11)22-6-1-7-23-16/h2-5,8-9H,1,6-7,10H2,(H,20,21). The van der Waals surface area contributed by atoms with Gasteiger partial charge in [-0.05, 0) is 42.0 Å². The number of carbonyl (C=O) groups excluding carboxylic acids is 1. The summed E-state index contributed by atoms with van der Waals surface area (Å²) in [7, 11) is 0. The zero-order valence-electron chi connectivity index (χ0n) is 12.3. The summed E-state index contributed by atoms with van der Waals surface area (Å²) in [5.74, 6) is 1.01. The molecule has 3 rings (SSSR count). The first-order chi connectivity index (χ1) is 11.1. The monoisotopic (exact) mass is 351 g/mol. The Morgan fingerprint density at radius 2 is 1.83 bits per heavy atom. The van der Waals surface area contributed by atoms with Crippen molar-refractivity contribution >= 4 is 29.1 Å². The van der Waals surface area contributed by atoms with Gasteiger partial charge in [0.1, 0.15) is 0 Å². The number of rotatable bonds is 3. The van der Waals surface area contributed by atoms with Crippen molar-refractivity contribution in [1.82, 2.24) is 5.32 Å². The topological polar surface area (TPSA) is 47.6 Å². The maximum Gasteiger partial charge on any atom is 0.251 e. The highest BCUT2D eigenvalue weighted by atomic mass is 35.5. The molecule has 1 aliphatic heterocycles. The Kier molecular flexibility index (Phi) is 4.94. The number of nitrogens with one attached hydrogen (secondary N) is 1. The van der Waals surface area contributed by atoms with Gasteiger partial charge in [-0.25, -0.2) is 0 Å². The van der Waals surface area contributed by atoms with E-state index in [9.17, 15) is 4.79 Å². The van der Waals surface area contributed by atoms with Gasteiger partial charge in [-0.15, -0.1) is 0 Å². The molecule has 1 aliphatic rings. The first-order valence-corrected chi connectivity index (χ1v) is 8.01. The molecule has 2 aromatic rings. The number of hydrogen-bond acceptors (Lipinski definition) is 3. The highest BCUT2D eigenvalue weighted by Crippen LogP contribution is 2.37. The SMILES string of the molecule is O=C(NCc1cc(Cl)c2c(c1)OCCCO2)c1ccc(Cl)cc1. The molecular weight excluding hydrogens is 337 g/mol. The lowest BCUT2D eigenvalue weighted by Gasteiger charge is -2.12. The molecule has 1 amide bonds. The Labute approximate surface area is 144 Å². The number of ether oxygens (including phenoxy) is 2. The van der Waals surface area contributed by atoms with Gasteiger partial charge in [0.15, 0.2) is 11.5 Å². The van der Waals surface area contributed by atoms with Crippen LogP contribution >= 0.6 is 23.2 Å². The molecular formula is C17H15Cl2NO3. The van der Waals surface area contributed by atoms with E-state index in [0.717, 1.165) is 12.0 Å².